The lowest BCUT2D eigenvalue weighted by atomic mass is 10.2. The van der Waals surface area contributed by atoms with Gasteiger partial charge in [-0.3, -0.25) is 4.98 Å². The van der Waals surface area contributed by atoms with Gasteiger partial charge in [0, 0.05) is 13.2 Å². The predicted octanol–water partition coefficient (Wildman–Crippen LogP) is 1.48. The van der Waals surface area contributed by atoms with Gasteiger partial charge in [-0.15, -0.1) is 10.2 Å². The van der Waals surface area contributed by atoms with Crippen LogP contribution in [0.5, 0.6) is 0 Å². The molecule has 0 saturated carbocycles. The van der Waals surface area contributed by atoms with Crippen LogP contribution in [-0.4, -0.2) is 68.3 Å². The van der Waals surface area contributed by atoms with Crippen molar-refractivity contribution in [3.63, 3.8) is 0 Å². The van der Waals surface area contributed by atoms with Crippen LogP contribution in [-0.2, 0) is 43.1 Å². The minimum Gasteiger partial charge on any atom is -0.307 e. The second kappa shape index (κ2) is 9.07. The second-order valence-electron chi connectivity index (χ2n) is 7.50. The first-order valence-corrected chi connectivity index (χ1v) is 15.1. The molecule has 0 aliphatic heterocycles. The summed E-state index contributed by atoms with van der Waals surface area (Å²) in [6.45, 7) is 1.30. The van der Waals surface area contributed by atoms with Crippen molar-refractivity contribution in [1.29, 1.82) is 0 Å². The molecular formula is C18H19F3N6O6S3. The third-order valence-corrected chi connectivity index (χ3v) is 9.76. The van der Waals surface area contributed by atoms with E-state index >= 15 is 0 Å². The topological polar surface area (TPSA) is 162 Å². The lowest BCUT2D eigenvalue weighted by Crippen LogP contribution is -2.35. The number of hydrogen-bond acceptors (Lipinski definition) is 10. The molecule has 3 rings (SSSR count). The van der Waals surface area contributed by atoms with Gasteiger partial charge in [0.05, 0.1) is 40.6 Å². The number of halogens is 3. The van der Waals surface area contributed by atoms with Crippen LogP contribution in [0, 0.1) is 0 Å². The normalized spacial score (nSPS) is 13.1. The highest BCUT2D eigenvalue weighted by atomic mass is 32.3. The highest BCUT2D eigenvalue weighted by Gasteiger charge is 2.33. The SMILES string of the molecule is CCS(=O)(=O)c1cc(N(S(C)(=O)=O)S(C)(=O)=O)cnc1-c1nnc(-c2cc(C(F)(F)F)ccn2)n1C. The van der Waals surface area contributed by atoms with Gasteiger partial charge >= 0.3 is 6.18 Å². The molecule has 0 amide bonds. The summed E-state index contributed by atoms with van der Waals surface area (Å²) in [6.07, 6.45) is -1.66. The maximum absolute atomic E-state index is 13.1. The second-order valence-corrected chi connectivity index (χ2v) is 13.6. The van der Waals surface area contributed by atoms with Crippen molar-refractivity contribution < 1.29 is 38.4 Å². The van der Waals surface area contributed by atoms with Gasteiger partial charge in [0.25, 0.3) is 0 Å². The molecule has 3 aromatic rings. The summed E-state index contributed by atoms with van der Waals surface area (Å²) < 4.78 is 115. The Morgan fingerprint density at radius 1 is 0.944 bits per heavy atom. The fraction of sp³-hybridized carbons (Fsp3) is 0.333. The summed E-state index contributed by atoms with van der Waals surface area (Å²) in [5.41, 5.74) is -2.08. The first-order valence-electron chi connectivity index (χ1n) is 9.74. The molecule has 3 aromatic heterocycles. The van der Waals surface area contributed by atoms with Gasteiger partial charge < -0.3 is 4.57 Å². The molecule has 0 N–H and O–H groups in total. The number of anilines is 1. The number of alkyl halides is 3. The number of pyridine rings is 2. The molecule has 0 radical (unpaired) electrons. The zero-order valence-electron chi connectivity index (χ0n) is 19.1. The average molecular weight is 569 g/mol. The Kier molecular flexibility index (Phi) is 6.92. The molecule has 0 aliphatic rings. The lowest BCUT2D eigenvalue weighted by molar-refractivity contribution is -0.137. The molecule has 0 unspecified atom stereocenters. The maximum atomic E-state index is 13.1. The van der Waals surface area contributed by atoms with E-state index in [0.717, 1.165) is 35.2 Å². The van der Waals surface area contributed by atoms with Crippen molar-refractivity contribution in [2.24, 2.45) is 7.05 Å². The fourth-order valence-corrected chi connectivity index (χ4v) is 7.19. The zero-order chi connectivity index (χ0) is 27.3. The van der Waals surface area contributed by atoms with Gasteiger partial charge in [0.2, 0.25) is 20.0 Å². The molecule has 0 saturated heterocycles. The third kappa shape index (κ3) is 5.34. The predicted molar refractivity (Wildman–Crippen MR) is 122 cm³/mol. The van der Waals surface area contributed by atoms with Crippen LogP contribution in [0.3, 0.4) is 0 Å². The van der Waals surface area contributed by atoms with E-state index in [2.05, 4.69) is 20.2 Å². The van der Waals surface area contributed by atoms with Crippen molar-refractivity contribution in [2.45, 2.75) is 18.0 Å². The Bertz CT molecular complexity index is 1620. The number of hydrogen-bond donors (Lipinski definition) is 0. The monoisotopic (exact) mass is 568 g/mol. The Hall–Kier alpha value is -3.12. The van der Waals surface area contributed by atoms with Gasteiger partial charge in [-0.25, -0.2) is 30.2 Å². The molecule has 0 spiro atoms. The average Bonchev–Trinajstić information content (AvgIpc) is 3.12. The van der Waals surface area contributed by atoms with Gasteiger partial charge in [0.15, 0.2) is 21.5 Å². The number of nitrogens with zero attached hydrogens (tertiary/aromatic N) is 6. The number of aromatic nitrogens is 5. The van der Waals surface area contributed by atoms with Crippen LogP contribution in [0.15, 0.2) is 35.5 Å². The molecule has 0 fully saturated rings. The summed E-state index contributed by atoms with van der Waals surface area (Å²) in [7, 11) is -11.6. The van der Waals surface area contributed by atoms with Crippen molar-refractivity contribution in [2.75, 3.05) is 22.0 Å². The maximum Gasteiger partial charge on any atom is 0.416 e. The molecule has 0 aliphatic carbocycles. The van der Waals surface area contributed by atoms with Crippen LogP contribution >= 0.6 is 0 Å². The molecule has 0 aromatic carbocycles. The summed E-state index contributed by atoms with van der Waals surface area (Å²) in [4.78, 5) is 7.27. The lowest BCUT2D eigenvalue weighted by Gasteiger charge is -2.20. The van der Waals surface area contributed by atoms with Crippen molar-refractivity contribution in [1.82, 2.24) is 24.7 Å². The van der Waals surface area contributed by atoms with E-state index in [-0.39, 0.29) is 26.7 Å². The van der Waals surface area contributed by atoms with E-state index in [1.54, 1.807) is 0 Å². The largest absolute Gasteiger partial charge is 0.416 e. The Labute approximate surface area is 204 Å². The van der Waals surface area contributed by atoms with Crippen molar-refractivity contribution >= 4 is 35.6 Å². The minimum atomic E-state index is -4.65. The van der Waals surface area contributed by atoms with Gasteiger partial charge in [-0.1, -0.05) is 6.92 Å². The molecule has 12 nitrogen and oxygen atoms in total. The quantitative estimate of drug-likeness (QED) is 0.408. The Balaban J connectivity index is 2.26. The molecule has 0 bridgehead atoms. The van der Waals surface area contributed by atoms with E-state index in [9.17, 15) is 38.4 Å². The minimum absolute atomic E-state index is 0.0279. The Morgan fingerprint density at radius 2 is 1.53 bits per heavy atom. The van der Waals surface area contributed by atoms with E-state index in [4.69, 9.17) is 0 Å². The number of rotatable bonds is 7. The molecule has 196 valence electrons. The van der Waals surface area contributed by atoms with Crippen molar-refractivity contribution in [3.05, 3.63) is 36.2 Å². The molecule has 3 heterocycles. The highest BCUT2D eigenvalue weighted by Crippen LogP contribution is 2.33. The van der Waals surface area contributed by atoms with E-state index in [0.29, 0.717) is 12.5 Å². The van der Waals surface area contributed by atoms with Crippen LogP contribution in [0.25, 0.3) is 23.0 Å². The highest BCUT2D eigenvalue weighted by molar-refractivity contribution is 8.09. The summed E-state index contributed by atoms with van der Waals surface area (Å²) in [5, 5.41) is 7.67. The van der Waals surface area contributed by atoms with Gasteiger partial charge in [0.1, 0.15) is 11.4 Å². The third-order valence-electron chi connectivity index (χ3n) is 4.77. The molecular weight excluding hydrogens is 549 g/mol. The summed E-state index contributed by atoms with van der Waals surface area (Å²) in [6, 6.07) is 2.33. The van der Waals surface area contributed by atoms with Gasteiger partial charge in [-0.2, -0.15) is 16.9 Å². The van der Waals surface area contributed by atoms with Crippen molar-refractivity contribution in [3.8, 4) is 23.0 Å². The van der Waals surface area contributed by atoms with E-state index < -0.39 is 58.0 Å². The van der Waals surface area contributed by atoms with Crippen LogP contribution in [0.1, 0.15) is 12.5 Å². The molecule has 36 heavy (non-hydrogen) atoms. The molecule has 0 atom stereocenters. The van der Waals surface area contributed by atoms with Crippen LogP contribution < -0.4 is 3.71 Å². The first kappa shape index (κ1) is 27.5. The molecule has 18 heteroatoms. The number of sulfonamides is 2. The summed E-state index contributed by atoms with van der Waals surface area (Å²) in [5.74, 6) is -0.813. The fourth-order valence-electron chi connectivity index (χ4n) is 3.21. The number of sulfone groups is 1. The van der Waals surface area contributed by atoms with Crippen LogP contribution in [0.4, 0.5) is 18.9 Å². The van der Waals surface area contributed by atoms with E-state index in [1.807, 2.05) is 0 Å². The van der Waals surface area contributed by atoms with Gasteiger partial charge in [-0.05, 0) is 18.2 Å². The zero-order valence-corrected chi connectivity index (χ0v) is 21.5. The summed E-state index contributed by atoms with van der Waals surface area (Å²) >= 11 is 0. The Morgan fingerprint density at radius 3 is 2.06 bits per heavy atom. The van der Waals surface area contributed by atoms with Crippen LogP contribution in [0.2, 0.25) is 0 Å². The van der Waals surface area contributed by atoms with E-state index in [1.165, 1.54) is 14.0 Å². The smallest absolute Gasteiger partial charge is 0.307 e. The standard InChI is InChI=1S/C18H19F3N6O6S3/c1-5-36(32,33)14-9-12(27(34(3,28)29)35(4,30)31)10-23-15(14)17-25-24-16(26(17)2)13-8-11(6-7-22-13)18(19,20)21/h6-10H,5H2,1-4H3. The first-order chi connectivity index (χ1) is 16.4.